The maximum Gasteiger partial charge on any atom is 0.257 e. The van der Waals surface area contributed by atoms with Crippen molar-refractivity contribution in [1.82, 2.24) is 0 Å². The van der Waals surface area contributed by atoms with Gasteiger partial charge in [0.05, 0.1) is 21.3 Å². The molecule has 0 radical (unpaired) electrons. The molecule has 1 amide bonds. The van der Waals surface area contributed by atoms with Crippen LogP contribution in [0.1, 0.15) is 15.9 Å². The molecule has 0 spiro atoms. The molecule has 0 aromatic heterocycles. The minimum Gasteiger partial charge on any atom is -0.398 e. The molecule has 0 aliphatic carbocycles. The van der Waals surface area contributed by atoms with Crippen molar-refractivity contribution in [1.29, 1.82) is 0 Å². The highest BCUT2D eigenvalue weighted by atomic mass is 79.9. The zero-order valence-corrected chi connectivity index (χ0v) is 13.6. The first-order valence-electron chi connectivity index (χ1n) is 5.71. The van der Waals surface area contributed by atoms with Crippen LogP contribution >= 0.6 is 39.1 Å². The Bertz CT molecular complexity index is 689. The quantitative estimate of drug-likeness (QED) is 0.735. The molecule has 0 bridgehead atoms. The summed E-state index contributed by atoms with van der Waals surface area (Å²) in [5, 5.41) is 3.50. The molecule has 2 rings (SSSR count). The summed E-state index contributed by atoms with van der Waals surface area (Å²) in [7, 11) is 0. The Balaban J connectivity index is 2.35. The highest BCUT2D eigenvalue weighted by Gasteiger charge is 2.15. The van der Waals surface area contributed by atoms with E-state index in [0.717, 1.165) is 10.0 Å². The molecule has 104 valence electrons. The van der Waals surface area contributed by atoms with Gasteiger partial charge in [-0.3, -0.25) is 4.79 Å². The first kappa shape index (κ1) is 15.2. The van der Waals surface area contributed by atoms with E-state index in [4.69, 9.17) is 28.9 Å². The van der Waals surface area contributed by atoms with Crippen molar-refractivity contribution in [2.75, 3.05) is 11.1 Å². The Labute approximate surface area is 135 Å². The van der Waals surface area contributed by atoms with Crippen LogP contribution in [0.2, 0.25) is 10.0 Å². The van der Waals surface area contributed by atoms with Gasteiger partial charge in [0.25, 0.3) is 5.91 Å². The van der Waals surface area contributed by atoms with Crippen molar-refractivity contribution in [2.45, 2.75) is 6.92 Å². The van der Waals surface area contributed by atoms with E-state index in [-0.39, 0.29) is 5.91 Å². The lowest BCUT2D eigenvalue weighted by Crippen LogP contribution is -2.14. The Morgan fingerprint density at radius 3 is 2.60 bits per heavy atom. The number of nitrogen functional groups attached to an aromatic ring is 1. The number of hydrogen-bond donors (Lipinski definition) is 2. The van der Waals surface area contributed by atoms with Gasteiger partial charge in [-0.2, -0.15) is 0 Å². The zero-order valence-electron chi connectivity index (χ0n) is 10.5. The summed E-state index contributed by atoms with van der Waals surface area (Å²) < 4.78 is 0.804. The predicted molar refractivity (Wildman–Crippen MR) is 87.7 cm³/mol. The summed E-state index contributed by atoms with van der Waals surface area (Å²) in [5.74, 6) is -0.357. The fourth-order valence-electron chi connectivity index (χ4n) is 1.69. The fourth-order valence-corrected chi connectivity index (χ4v) is 2.54. The van der Waals surface area contributed by atoms with Crippen molar-refractivity contribution in [3.63, 3.8) is 0 Å². The minimum atomic E-state index is -0.357. The standard InChI is InChI=1S/C14H11BrCl2N2O/c1-7-2-5-10(16)13(12(7)17)19-14(20)9-4-3-8(15)6-11(9)18/h2-6H,18H2,1H3,(H,19,20). The van der Waals surface area contributed by atoms with Crippen LogP contribution in [-0.4, -0.2) is 5.91 Å². The van der Waals surface area contributed by atoms with Gasteiger partial charge >= 0.3 is 0 Å². The van der Waals surface area contributed by atoms with Gasteiger partial charge in [0.2, 0.25) is 0 Å². The predicted octanol–water partition coefficient (Wildman–Crippen LogP) is 4.90. The molecule has 0 heterocycles. The maximum atomic E-state index is 12.2. The van der Waals surface area contributed by atoms with Crippen molar-refractivity contribution in [3.8, 4) is 0 Å². The highest BCUT2D eigenvalue weighted by molar-refractivity contribution is 9.10. The molecular formula is C14H11BrCl2N2O. The Hall–Kier alpha value is -1.23. The van der Waals surface area contributed by atoms with Crippen LogP contribution in [-0.2, 0) is 0 Å². The van der Waals surface area contributed by atoms with Gasteiger partial charge in [-0.05, 0) is 36.8 Å². The van der Waals surface area contributed by atoms with Crippen LogP contribution in [0, 0.1) is 6.92 Å². The molecule has 2 aromatic carbocycles. The number of halogens is 3. The van der Waals surface area contributed by atoms with Crippen LogP contribution in [0.25, 0.3) is 0 Å². The fraction of sp³-hybridized carbons (Fsp3) is 0.0714. The van der Waals surface area contributed by atoms with Crippen molar-refractivity contribution < 1.29 is 4.79 Å². The molecule has 20 heavy (non-hydrogen) atoms. The van der Waals surface area contributed by atoms with Crippen molar-refractivity contribution in [2.24, 2.45) is 0 Å². The first-order chi connectivity index (χ1) is 9.40. The first-order valence-corrected chi connectivity index (χ1v) is 7.26. The van der Waals surface area contributed by atoms with Gasteiger partial charge in [-0.15, -0.1) is 0 Å². The molecule has 2 aromatic rings. The average molecular weight is 374 g/mol. The topological polar surface area (TPSA) is 55.1 Å². The molecule has 0 aliphatic rings. The second-order valence-electron chi connectivity index (χ2n) is 4.24. The molecule has 0 saturated carbocycles. The molecule has 3 nitrogen and oxygen atoms in total. The molecule has 0 atom stereocenters. The number of rotatable bonds is 2. The number of amides is 1. The molecule has 3 N–H and O–H groups in total. The summed E-state index contributed by atoms with van der Waals surface area (Å²) in [6.07, 6.45) is 0. The molecule has 0 unspecified atom stereocenters. The summed E-state index contributed by atoms with van der Waals surface area (Å²) in [4.78, 5) is 12.2. The van der Waals surface area contributed by atoms with Crippen LogP contribution in [0.15, 0.2) is 34.8 Å². The number of carbonyl (C=O) groups is 1. The van der Waals surface area contributed by atoms with E-state index in [2.05, 4.69) is 21.2 Å². The third-order valence-electron chi connectivity index (χ3n) is 2.78. The van der Waals surface area contributed by atoms with Gasteiger partial charge in [-0.25, -0.2) is 0 Å². The largest absolute Gasteiger partial charge is 0.398 e. The van der Waals surface area contributed by atoms with E-state index in [9.17, 15) is 4.79 Å². The smallest absolute Gasteiger partial charge is 0.257 e. The van der Waals surface area contributed by atoms with E-state index in [1.165, 1.54) is 0 Å². The molecule has 6 heteroatoms. The van der Waals surface area contributed by atoms with E-state index in [1.807, 2.05) is 6.92 Å². The van der Waals surface area contributed by atoms with E-state index < -0.39 is 0 Å². The molecule has 0 aliphatic heterocycles. The van der Waals surface area contributed by atoms with Crippen LogP contribution in [0.3, 0.4) is 0 Å². The number of carbonyl (C=O) groups excluding carboxylic acids is 1. The monoisotopic (exact) mass is 372 g/mol. The van der Waals surface area contributed by atoms with E-state index in [0.29, 0.717) is 27.0 Å². The zero-order chi connectivity index (χ0) is 14.9. The Kier molecular flexibility index (Phi) is 4.58. The van der Waals surface area contributed by atoms with Gasteiger partial charge in [0.15, 0.2) is 0 Å². The third kappa shape index (κ3) is 3.08. The van der Waals surface area contributed by atoms with Gasteiger partial charge in [0.1, 0.15) is 0 Å². The van der Waals surface area contributed by atoms with E-state index >= 15 is 0 Å². The van der Waals surface area contributed by atoms with Crippen molar-refractivity contribution >= 4 is 56.4 Å². The SMILES string of the molecule is Cc1ccc(Cl)c(NC(=O)c2ccc(Br)cc2N)c1Cl. The summed E-state index contributed by atoms with van der Waals surface area (Å²) in [6.45, 7) is 1.84. The maximum absolute atomic E-state index is 12.2. The second kappa shape index (κ2) is 6.04. The lowest BCUT2D eigenvalue weighted by Gasteiger charge is -2.12. The summed E-state index contributed by atoms with van der Waals surface area (Å²) in [6, 6.07) is 8.50. The Morgan fingerprint density at radius 1 is 1.25 bits per heavy atom. The minimum absolute atomic E-state index is 0.357. The molecule has 0 saturated heterocycles. The molecular weight excluding hydrogens is 363 g/mol. The summed E-state index contributed by atoms with van der Waals surface area (Å²) in [5.41, 5.74) is 7.78. The number of hydrogen-bond acceptors (Lipinski definition) is 2. The lowest BCUT2D eigenvalue weighted by molar-refractivity contribution is 0.102. The van der Waals surface area contributed by atoms with Crippen molar-refractivity contribution in [3.05, 3.63) is 56.0 Å². The number of nitrogens with two attached hydrogens (primary N) is 1. The summed E-state index contributed by atoms with van der Waals surface area (Å²) >= 11 is 15.5. The number of benzene rings is 2. The molecule has 0 fully saturated rings. The van der Waals surface area contributed by atoms with Gasteiger partial charge in [0, 0.05) is 10.2 Å². The van der Waals surface area contributed by atoms with Crippen LogP contribution < -0.4 is 11.1 Å². The number of nitrogens with one attached hydrogen (secondary N) is 1. The highest BCUT2D eigenvalue weighted by Crippen LogP contribution is 2.33. The normalized spacial score (nSPS) is 10.4. The Morgan fingerprint density at radius 2 is 1.95 bits per heavy atom. The number of anilines is 2. The average Bonchev–Trinajstić information content (AvgIpc) is 2.39. The second-order valence-corrected chi connectivity index (χ2v) is 5.94. The number of aryl methyl sites for hydroxylation is 1. The van der Waals surface area contributed by atoms with Crippen LogP contribution in [0.5, 0.6) is 0 Å². The van der Waals surface area contributed by atoms with Gasteiger partial charge in [-0.1, -0.05) is 45.2 Å². The third-order valence-corrected chi connectivity index (χ3v) is 4.08. The van der Waals surface area contributed by atoms with Crippen LogP contribution in [0.4, 0.5) is 11.4 Å². The van der Waals surface area contributed by atoms with Gasteiger partial charge < -0.3 is 11.1 Å². The van der Waals surface area contributed by atoms with E-state index in [1.54, 1.807) is 30.3 Å². The lowest BCUT2D eigenvalue weighted by atomic mass is 10.1.